The van der Waals surface area contributed by atoms with Crippen LogP contribution in [0, 0.1) is 0 Å². The van der Waals surface area contributed by atoms with Gasteiger partial charge in [0.2, 0.25) is 0 Å². The van der Waals surface area contributed by atoms with E-state index in [-0.39, 0.29) is 17.5 Å². The zero-order valence-corrected chi connectivity index (χ0v) is 15.5. The van der Waals surface area contributed by atoms with Gasteiger partial charge in [-0.3, -0.25) is 4.98 Å². The Morgan fingerprint density at radius 2 is 2.08 bits per heavy atom. The van der Waals surface area contributed by atoms with Gasteiger partial charge in [0.05, 0.1) is 11.5 Å². The quantitative estimate of drug-likeness (QED) is 0.824. The van der Waals surface area contributed by atoms with E-state index < -0.39 is 9.84 Å². The van der Waals surface area contributed by atoms with Crippen LogP contribution in [-0.4, -0.2) is 47.0 Å². The summed E-state index contributed by atoms with van der Waals surface area (Å²) in [6, 6.07) is 4.28. The summed E-state index contributed by atoms with van der Waals surface area (Å²) < 4.78 is 23.8. The predicted molar refractivity (Wildman–Crippen MR) is 99.4 cm³/mol. The summed E-state index contributed by atoms with van der Waals surface area (Å²) in [6.07, 6.45) is 10.3. The molecule has 1 atom stereocenters. The lowest BCUT2D eigenvalue weighted by Crippen LogP contribution is -2.49. The number of thiocarbonyl (C=S) groups is 1. The Labute approximate surface area is 149 Å². The van der Waals surface area contributed by atoms with Crippen molar-refractivity contribution in [2.45, 2.75) is 57.2 Å². The molecule has 1 saturated carbocycles. The first-order valence-corrected chi connectivity index (χ1v) is 10.9. The molecular formula is C17H25N3O2S2. The van der Waals surface area contributed by atoms with Gasteiger partial charge in [-0.2, -0.15) is 0 Å². The molecule has 1 aromatic rings. The van der Waals surface area contributed by atoms with E-state index in [1.165, 1.54) is 19.3 Å². The van der Waals surface area contributed by atoms with Gasteiger partial charge in [-0.1, -0.05) is 25.3 Å². The Balaban J connectivity index is 1.72. The topological polar surface area (TPSA) is 62.3 Å². The molecule has 1 unspecified atom stereocenters. The largest absolute Gasteiger partial charge is 0.360 e. The first-order chi connectivity index (χ1) is 11.5. The van der Waals surface area contributed by atoms with Gasteiger partial charge < -0.3 is 10.2 Å². The number of sulfone groups is 1. The molecule has 1 saturated heterocycles. The van der Waals surface area contributed by atoms with Gasteiger partial charge in [0.15, 0.2) is 14.9 Å². The molecular weight excluding hydrogens is 342 g/mol. The SMILES string of the molecule is O=S1(=O)CCC(N(Cc2cccnc2)C(=S)NC2CCCCC2)C1. The third-order valence-corrected chi connectivity index (χ3v) is 7.02. The van der Waals surface area contributed by atoms with Crippen LogP contribution in [0.4, 0.5) is 0 Å². The van der Waals surface area contributed by atoms with E-state index in [1.807, 2.05) is 18.3 Å². The van der Waals surface area contributed by atoms with Crippen molar-refractivity contribution in [3.05, 3.63) is 30.1 Å². The Hall–Kier alpha value is -1.21. The molecule has 2 aliphatic rings. The van der Waals surface area contributed by atoms with Crippen molar-refractivity contribution < 1.29 is 8.42 Å². The minimum Gasteiger partial charge on any atom is -0.360 e. The number of nitrogens with one attached hydrogen (secondary N) is 1. The molecule has 0 spiro atoms. The van der Waals surface area contributed by atoms with Crippen LogP contribution in [0.5, 0.6) is 0 Å². The summed E-state index contributed by atoms with van der Waals surface area (Å²) in [6.45, 7) is 0.604. The molecule has 5 nitrogen and oxygen atoms in total. The van der Waals surface area contributed by atoms with Crippen LogP contribution >= 0.6 is 12.2 Å². The van der Waals surface area contributed by atoms with E-state index in [4.69, 9.17) is 12.2 Å². The highest BCUT2D eigenvalue weighted by atomic mass is 32.2. The molecule has 0 radical (unpaired) electrons. The summed E-state index contributed by atoms with van der Waals surface area (Å²) >= 11 is 5.67. The molecule has 0 aromatic carbocycles. The second-order valence-electron chi connectivity index (χ2n) is 6.83. The van der Waals surface area contributed by atoms with Crippen LogP contribution in [0.15, 0.2) is 24.5 Å². The number of nitrogens with zero attached hydrogens (tertiary/aromatic N) is 2. The second kappa shape index (κ2) is 7.78. The van der Waals surface area contributed by atoms with Crippen molar-refractivity contribution in [3.8, 4) is 0 Å². The summed E-state index contributed by atoms with van der Waals surface area (Å²) in [7, 11) is -2.94. The van der Waals surface area contributed by atoms with Gasteiger partial charge in [-0.15, -0.1) is 0 Å². The first kappa shape index (κ1) is 17.6. The fourth-order valence-corrected chi connectivity index (χ4v) is 5.69. The molecule has 1 aliphatic carbocycles. The summed E-state index contributed by atoms with van der Waals surface area (Å²) in [5, 5.41) is 4.17. The molecule has 1 N–H and O–H groups in total. The molecule has 7 heteroatoms. The average molecular weight is 368 g/mol. The summed E-state index contributed by atoms with van der Waals surface area (Å²) in [4.78, 5) is 6.22. The van der Waals surface area contributed by atoms with Crippen molar-refractivity contribution in [2.24, 2.45) is 0 Å². The Bertz CT molecular complexity index is 658. The summed E-state index contributed by atoms with van der Waals surface area (Å²) in [5.74, 6) is 0.451. The molecule has 24 heavy (non-hydrogen) atoms. The smallest absolute Gasteiger partial charge is 0.169 e. The van der Waals surface area contributed by atoms with Crippen LogP contribution in [0.3, 0.4) is 0 Å². The zero-order valence-electron chi connectivity index (χ0n) is 13.9. The predicted octanol–water partition coefficient (Wildman–Crippen LogP) is 2.28. The van der Waals surface area contributed by atoms with E-state index in [9.17, 15) is 8.42 Å². The molecule has 2 heterocycles. The van der Waals surface area contributed by atoms with Gasteiger partial charge in [0.25, 0.3) is 0 Å². The van der Waals surface area contributed by atoms with Crippen molar-refractivity contribution in [1.29, 1.82) is 0 Å². The minimum absolute atomic E-state index is 0.0428. The number of rotatable bonds is 4. The lowest BCUT2D eigenvalue weighted by molar-refractivity contribution is 0.309. The molecule has 0 bridgehead atoms. The molecule has 1 aromatic heterocycles. The van der Waals surface area contributed by atoms with Crippen LogP contribution in [-0.2, 0) is 16.4 Å². The van der Waals surface area contributed by atoms with Crippen molar-refractivity contribution in [1.82, 2.24) is 15.2 Å². The van der Waals surface area contributed by atoms with Crippen molar-refractivity contribution >= 4 is 27.2 Å². The fourth-order valence-electron chi connectivity index (χ4n) is 3.58. The van der Waals surface area contributed by atoms with E-state index in [2.05, 4.69) is 15.2 Å². The van der Waals surface area contributed by atoms with Crippen LogP contribution in [0.2, 0.25) is 0 Å². The van der Waals surface area contributed by atoms with Gasteiger partial charge in [-0.05, 0) is 43.1 Å². The number of hydrogen-bond acceptors (Lipinski definition) is 4. The normalized spacial score (nSPS) is 23.8. The van der Waals surface area contributed by atoms with E-state index >= 15 is 0 Å². The minimum atomic E-state index is -2.94. The molecule has 3 rings (SSSR count). The maximum atomic E-state index is 11.9. The number of aromatic nitrogens is 1. The lowest BCUT2D eigenvalue weighted by atomic mass is 9.96. The van der Waals surface area contributed by atoms with Gasteiger partial charge in [-0.25, -0.2) is 8.42 Å². The van der Waals surface area contributed by atoms with E-state index in [0.29, 0.717) is 24.1 Å². The van der Waals surface area contributed by atoms with Crippen LogP contribution in [0.1, 0.15) is 44.1 Å². The summed E-state index contributed by atoms with van der Waals surface area (Å²) in [5.41, 5.74) is 1.05. The monoisotopic (exact) mass is 367 g/mol. The molecule has 0 amide bonds. The van der Waals surface area contributed by atoms with E-state index in [0.717, 1.165) is 18.4 Å². The first-order valence-electron chi connectivity index (χ1n) is 8.70. The average Bonchev–Trinajstić information content (AvgIpc) is 2.94. The highest BCUT2D eigenvalue weighted by Crippen LogP contribution is 2.22. The second-order valence-corrected chi connectivity index (χ2v) is 9.45. The van der Waals surface area contributed by atoms with Gasteiger partial charge >= 0.3 is 0 Å². The molecule has 132 valence electrons. The third-order valence-electron chi connectivity index (χ3n) is 4.92. The highest BCUT2D eigenvalue weighted by molar-refractivity contribution is 7.91. The fraction of sp³-hybridized carbons (Fsp3) is 0.647. The lowest BCUT2D eigenvalue weighted by Gasteiger charge is -2.34. The van der Waals surface area contributed by atoms with Crippen molar-refractivity contribution in [3.63, 3.8) is 0 Å². The van der Waals surface area contributed by atoms with E-state index in [1.54, 1.807) is 6.20 Å². The Morgan fingerprint density at radius 3 is 2.71 bits per heavy atom. The Kier molecular flexibility index (Phi) is 5.71. The Morgan fingerprint density at radius 1 is 1.29 bits per heavy atom. The van der Waals surface area contributed by atoms with Gasteiger partial charge in [0.1, 0.15) is 0 Å². The maximum absolute atomic E-state index is 11.9. The maximum Gasteiger partial charge on any atom is 0.169 e. The standard InChI is InChI=1S/C17H25N3O2S2/c21-24(22)10-8-16(13-24)20(12-14-5-4-9-18-11-14)17(23)19-15-6-2-1-3-7-15/h4-5,9,11,15-16H,1-3,6-8,10,12-13H2,(H,19,23). The van der Waals surface area contributed by atoms with Crippen molar-refractivity contribution in [2.75, 3.05) is 11.5 Å². The van der Waals surface area contributed by atoms with Crippen LogP contribution < -0.4 is 5.32 Å². The third kappa shape index (κ3) is 4.66. The molecule has 2 fully saturated rings. The zero-order chi connectivity index (χ0) is 17.0. The molecule has 1 aliphatic heterocycles. The van der Waals surface area contributed by atoms with Gasteiger partial charge in [0, 0.05) is 31.0 Å². The number of hydrogen-bond donors (Lipinski definition) is 1. The highest BCUT2D eigenvalue weighted by Gasteiger charge is 2.34. The number of pyridine rings is 1. The van der Waals surface area contributed by atoms with Crippen LogP contribution in [0.25, 0.3) is 0 Å².